The molecule has 0 heterocycles. The van der Waals surface area contributed by atoms with Crippen molar-refractivity contribution < 1.29 is 4.74 Å². The maximum Gasteiger partial charge on any atom is 0.119 e. The minimum absolute atomic E-state index is 0.591. The van der Waals surface area contributed by atoms with Gasteiger partial charge in [-0.25, -0.2) is 0 Å². The van der Waals surface area contributed by atoms with Crippen LogP contribution >= 0.6 is 0 Å². The Hall–Kier alpha value is -1.24. The minimum Gasteiger partial charge on any atom is -0.490 e. The minimum atomic E-state index is 0.591. The molecule has 1 heteroatoms. The van der Waals surface area contributed by atoms with Crippen LogP contribution in [0.4, 0.5) is 0 Å². The van der Waals surface area contributed by atoms with Gasteiger partial charge in [-0.05, 0) is 105 Å². The smallest absolute Gasteiger partial charge is 0.119 e. The SMILES string of the molecule is C=CCOc1ccc(C2CCC3CC(C4CCC(CCCC)CC4)CCC3C2)cc1. The van der Waals surface area contributed by atoms with E-state index in [9.17, 15) is 0 Å². The molecule has 3 fully saturated rings. The van der Waals surface area contributed by atoms with Crippen molar-refractivity contribution >= 4 is 0 Å². The summed E-state index contributed by atoms with van der Waals surface area (Å²) in [7, 11) is 0. The van der Waals surface area contributed by atoms with Crippen LogP contribution in [-0.2, 0) is 0 Å². The molecule has 0 bridgehead atoms. The van der Waals surface area contributed by atoms with Crippen LogP contribution in [0.3, 0.4) is 0 Å². The van der Waals surface area contributed by atoms with Gasteiger partial charge >= 0.3 is 0 Å². The first-order valence-corrected chi connectivity index (χ1v) is 13.1. The molecule has 30 heavy (non-hydrogen) atoms. The lowest BCUT2D eigenvalue weighted by Crippen LogP contribution is -2.34. The summed E-state index contributed by atoms with van der Waals surface area (Å²) in [5, 5.41) is 0. The fourth-order valence-electron chi connectivity index (χ4n) is 7.09. The van der Waals surface area contributed by atoms with Crippen LogP contribution in [0.2, 0.25) is 0 Å². The molecule has 4 atom stereocenters. The number of benzene rings is 1. The third-order valence-electron chi connectivity index (χ3n) is 8.90. The Bertz CT molecular complexity index is 639. The van der Waals surface area contributed by atoms with E-state index in [1.165, 1.54) is 69.8 Å². The molecule has 0 amide bonds. The molecule has 0 aromatic heterocycles. The lowest BCUT2D eigenvalue weighted by Gasteiger charge is -2.45. The van der Waals surface area contributed by atoms with Crippen LogP contribution in [0.1, 0.15) is 102 Å². The van der Waals surface area contributed by atoms with Gasteiger partial charge in [0.25, 0.3) is 0 Å². The van der Waals surface area contributed by atoms with Crippen molar-refractivity contribution in [1.82, 2.24) is 0 Å². The third kappa shape index (κ3) is 5.51. The van der Waals surface area contributed by atoms with Gasteiger partial charge in [-0.3, -0.25) is 0 Å². The zero-order valence-corrected chi connectivity index (χ0v) is 19.4. The zero-order chi connectivity index (χ0) is 20.8. The van der Waals surface area contributed by atoms with Gasteiger partial charge in [-0.15, -0.1) is 0 Å². The standard InChI is InChI=1S/C29H44O/c1-3-5-6-22-7-9-23(10-8-22)25-11-13-28-21-26(12-14-27(28)20-25)24-15-17-29(18-16-24)30-19-4-2/h4,15-18,22-23,25-28H,2-3,5-14,19-21H2,1H3. The maximum absolute atomic E-state index is 5.66. The molecule has 0 aliphatic heterocycles. The summed E-state index contributed by atoms with van der Waals surface area (Å²) in [5.74, 6) is 6.91. The Balaban J connectivity index is 1.24. The van der Waals surface area contributed by atoms with Crippen molar-refractivity contribution in [3.63, 3.8) is 0 Å². The van der Waals surface area contributed by atoms with Crippen LogP contribution in [-0.4, -0.2) is 6.61 Å². The van der Waals surface area contributed by atoms with E-state index in [1.54, 1.807) is 19.3 Å². The number of rotatable bonds is 8. The highest BCUT2D eigenvalue weighted by atomic mass is 16.5. The van der Waals surface area contributed by atoms with Gasteiger partial charge in [0.05, 0.1) is 0 Å². The first-order valence-electron chi connectivity index (χ1n) is 13.1. The molecule has 1 nitrogen and oxygen atoms in total. The van der Waals surface area contributed by atoms with Crippen molar-refractivity contribution in [3.05, 3.63) is 42.5 Å². The molecule has 3 aliphatic carbocycles. The number of fused-ring (bicyclic) bond motifs is 1. The van der Waals surface area contributed by atoms with Crippen molar-refractivity contribution in [2.24, 2.45) is 29.6 Å². The Morgan fingerprint density at radius 3 is 2.17 bits per heavy atom. The van der Waals surface area contributed by atoms with E-state index in [1.807, 2.05) is 6.08 Å². The number of hydrogen-bond acceptors (Lipinski definition) is 1. The lowest BCUT2D eigenvalue weighted by molar-refractivity contribution is 0.0710. The molecular weight excluding hydrogens is 364 g/mol. The third-order valence-corrected chi connectivity index (χ3v) is 8.90. The van der Waals surface area contributed by atoms with Gasteiger partial charge in [-0.2, -0.15) is 0 Å². The van der Waals surface area contributed by atoms with Crippen LogP contribution in [0.5, 0.6) is 5.75 Å². The van der Waals surface area contributed by atoms with Crippen molar-refractivity contribution in [3.8, 4) is 5.75 Å². The molecule has 1 aromatic rings. The molecule has 0 radical (unpaired) electrons. The van der Waals surface area contributed by atoms with Crippen molar-refractivity contribution in [2.45, 2.75) is 96.3 Å². The Morgan fingerprint density at radius 1 is 0.833 bits per heavy atom. The Kier molecular flexibility index (Phi) is 7.96. The monoisotopic (exact) mass is 408 g/mol. The van der Waals surface area contributed by atoms with Crippen LogP contribution in [0.25, 0.3) is 0 Å². The van der Waals surface area contributed by atoms with Gasteiger partial charge in [0.2, 0.25) is 0 Å². The van der Waals surface area contributed by atoms with E-state index in [-0.39, 0.29) is 0 Å². The van der Waals surface area contributed by atoms with E-state index < -0.39 is 0 Å². The zero-order valence-electron chi connectivity index (χ0n) is 19.4. The molecule has 0 N–H and O–H groups in total. The van der Waals surface area contributed by atoms with Gasteiger partial charge in [0.15, 0.2) is 0 Å². The normalized spacial score (nSPS) is 34.2. The van der Waals surface area contributed by atoms with E-state index >= 15 is 0 Å². The number of unbranched alkanes of at least 4 members (excludes halogenated alkanes) is 1. The quantitative estimate of drug-likeness (QED) is 0.391. The second-order valence-electron chi connectivity index (χ2n) is 10.7. The van der Waals surface area contributed by atoms with Crippen LogP contribution in [0, 0.1) is 29.6 Å². The molecular formula is C29H44O. The highest BCUT2D eigenvalue weighted by Crippen LogP contribution is 2.51. The number of hydrogen-bond donors (Lipinski definition) is 0. The topological polar surface area (TPSA) is 9.23 Å². The average Bonchev–Trinajstić information content (AvgIpc) is 2.81. The molecule has 166 valence electrons. The second kappa shape index (κ2) is 10.9. The Morgan fingerprint density at radius 2 is 1.47 bits per heavy atom. The highest BCUT2D eigenvalue weighted by Gasteiger charge is 2.39. The molecule has 0 spiro atoms. The van der Waals surface area contributed by atoms with Crippen LogP contribution < -0.4 is 4.74 Å². The summed E-state index contributed by atoms with van der Waals surface area (Å²) >= 11 is 0. The molecule has 1 aromatic carbocycles. The first kappa shape index (κ1) is 22.0. The predicted molar refractivity (Wildman–Crippen MR) is 128 cm³/mol. The summed E-state index contributed by atoms with van der Waals surface area (Å²) in [4.78, 5) is 0. The first-order chi connectivity index (χ1) is 14.8. The fourth-order valence-corrected chi connectivity index (χ4v) is 7.09. The van der Waals surface area contributed by atoms with Gasteiger partial charge in [0, 0.05) is 0 Å². The lowest BCUT2D eigenvalue weighted by atomic mass is 9.60. The van der Waals surface area contributed by atoms with Gasteiger partial charge in [-0.1, -0.05) is 63.8 Å². The fraction of sp³-hybridized carbons (Fsp3) is 0.724. The van der Waals surface area contributed by atoms with Gasteiger partial charge in [0.1, 0.15) is 12.4 Å². The highest BCUT2D eigenvalue weighted by molar-refractivity contribution is 5.30. The van der Waals surface area contributed by atoms with Crippen molar-refractivity contribution in [2.75, 3.05) is 6.61 Å². The second-order valence-corrected chi connectivity index (χ2v) is 10.7. The van der Waals surface area contributed by atoms with E-state index in [0.717, 1.165) is 41.3 Å². The van der Waals surface area contributed by atoms with E-state index in [0.29, 0.717) is 6.61 Å². The average molecular weight is 409 g/mol. The molecule has 4 rings (SSSR count). The maximum atomic E-state index is 5.66. The van der Waals surface area contributed by atoms with Crippen LogP contribution in [0.15, 0.2) is 36.9 Å². The summed E-state index contributed by atoms with van der Waals surface area (Å²) in [6.45, 7) is 6.66. The summed E-state index contributed by atoms with van der Waals surface area (Å²) in [5.41, 5.74) is 1.53. The summed E-state index contributed by atoms with van der Waals surface area (Å²) in [6, 6.07) is 8.93. The largest absolute Gasteiger partial charge is 0.490 e. The summed E-state index contributed by atoms with van der Waals surface area (Å²) in [6.07, 6.45) is 21.1. The number of ether oxygens (including phenoxy) is 1. The molecule has 4 unspecified atom stereocenters. The van der Waals surface area contributed by atoms with E-state index in [4.69, 9.17) is 4.74 Å². The molecule has 3 saturated carbocycles. The molecule has 0 saturated heterocycles. The summed E-state index contributed by atoms with van der Waals surface area (Å²) < 4.78 is 5.66. The van der Waals surface area contributed by atoms with E-state index in [2.05, 4.69) is 37.8 Å². The molecule has 3 aliphatic rings. The van der Waals surface area contributed by atoms with Crippen molar-refractivity contribution in [1.29, 1.82) is 0 Å². The van der Waals surface area contributed by atoms with Gasteiger partial charge < -0.3 is 4.74 Å². The predicted octanol–water partition coefficient (Wildman–Crippen LogP) is 8.55. The Labute approximate surface area is 185 Å².